The molecule has 3 N–H and O–H groups in total. The Hall–Kier alpha value is -0.900. The zero-order chi connectivity index (χ0) is 13.7. The SMILES string of the molecule is Cc1cc(C)cc(C(N)CCN(C)CC(C)O)c1. The predicted octanol–water partition coefficient (Wildman–Crippen LogP) is 2.01. The second-order valence-corrected chi connectivity index (χ2v) is 5.43. The van der Waals surface area contributed by atoms with E-state index in [-0.39, 0.29) is 12.1 Å². The van der Waals surface area contributed by atoms with Gasteiger partial charge >= 0.3 is 0 Å². The lowest BCUT2D eigenvalue weighted by Gasteiger charge is -2.21. The van der Waals surface area contributed by atoms with Crippen molar-refractivity contribution in [2.45, 2.75) is 39.3 Å². The molecule has 18 heavy (non-hydrogen) atoms. The van der Waals surface area contributed by atoms with Crippen LogP contribution in [0.25, 0.3) is 0 Å². The number of aryl methyl sites for hydroxylation is 2. The van der Waals surface area contributed by atoms with E-state index in [1.54, 1.807) is 6.92 Å². The molecule has 0 fully saturated rings. The number of aliphatic hydroxyl groups is 1. The van der Waals surface area contributed by atoms with E-state index in [1.165, 1.54) is 16.7 Å². The van der Waals surface area contributed by atoms with Gasteiger partial charge in [0.05, 0.1) is 6.10 Å². The van der Waals surface area contributed by atoms with E-state index in [9.17, 15) is 5.11 Å². The van der Waals surface area contributed by atoms with Gasteiger partial charge in [0.1, 0.15) is 0 Å². The molecule has 2 atom stereocenters. The highest BCUT2D eigenvalue weighted by atomic mass is 16.3. The molecule has 0 aromatic heterocycles. The van der Waals surface area contributed by atoms with E-state index < -0.39 is 0 Å². The van der Waals surface area contributed by atoms with Gasteiger partial charge in [0.15, 0.2) is 0 Å². The van der Waals surface area contributed by atoms with E-state index in [0.717, 1.165) is 13.0 Å². The molecule has 3 nitrogen and oxygen atoms in total. The van der Waals surface area contributed by atoms with Gasteiger partial charge in [-0.2, -0.15) is 0 Å². The van der Waals surface area contributed by atoms with Crippen LogP contribution in [0.5, 0.6) is 0 Å². The normalized spacial score (nSPS) is 14.8. The van der Waals surface area contributed by atoms with Gasteiger partial charge in [-0.1, -0.05) is 29.3 Å². The Kier molecular flexibility index (Phi) is 5.79. The second-order valence-electron chi connectivity index (χ2n) is 5.43. The van der Waals surface area contributed by atoms with Gasteiger partial charge in [-0.3, -0.25) is 0 Å². The van der Waals surface area contributed by atoms with Gasteiger partial charge in [0.2, 0.25) is 0 Å². The maximum Gasteiger partial charge on any atom is 0.0638 e. The van der Waals surface area contributed by atoms with Gasteiger partial charge in [0.25, 0.3) is 0 Å². The molecule has 0 saturated carbocycles. The summed E-state index contributed by atoms with van der Waals surface area (Å²) in [6, 6.07) is 6.55. The molecule has 0 radical (unpaired) electrons. The van der Waals surface area contributed by atoms with Crippen molar-refractivity contribution in [3.05, 3.63) is 34.9 Å². The third-order valence-electron chi connectivity index (χ3n) is 3.07. The zero-order valence-corrected chi connectivity index (χ0v) is 12.0. The van der Waals surface area contributed by atoms with Gasteiger partial charge in [0, 0.05) is 12.6 Å². The van der Waals surface area contributed by atoms with E-state index in [4.69, 9.17) is 5.73 Å². The Balaban J connectivity index is 2.52. The average molecular weight is 250 g/mol. The molecular weight excluding hydrogens is 224 g/mol. The number of likely N-dealkylation sites (N-methyl/N-ethyl adjacent to an activating group) is 1. The van der Waals surface area contributed by atoms with Crippen LogP contribution in [0.3, 0.4) is 0 Å². The highest BCUT2D eigenvalue weighted by Crippen LogP contribution is 2.18. The lowest BCUT2D eigenvalue weighted by molar-refractivity contribution is 0.139. The Morgan fingerprint density at radius 2 is 1.78 bits per heavy atom. The van der Waals surface area contributed by atoms with Gasteiger partial charge in [-0.15, -0.1) is 0 Å². The number of benzene rings is 1. The van der Waals surface area contributed by atoms with Gasteiger partial charge in [-0.25, -0.2) is 0 Å². The van der Waals surface area contributed by atoms with Crippen LogP contribution in [0, 0.1) is 13.8 Å². The van der Waals surface area contributed by atoms with E-state index >= 15 is 0 Å². The Bertz CT molecular complexity index is 357. The number of hydrogen-bond donors (Lipinski definition) is 2. The van der Waals surface area contributed by atoms with Crippen LogP contribution < -0.4 is 5.73 Å². The van der Waals surface area contributed by atoms with Crippen LogP contribution in [0.2, 0.25) is 0 Å². The summed E-state index contributed by atoms with van der Waals surface area (Å²) in [5.41, 5.74) is 9.95. The first kappa shape index (κ1) is 15.2. The summed E-state index contributed by atoms with van der Waals surface area (Å²) in [4.78, 5) is 2.12. The van der Waals surface area contributed by atoms with Crippen molar-refractivity contribution >= 4 is 0 Å². The Morgan fingerprint density at radius 1 is 1.22 bits per heavy atom. The molecule has 102 valence electrons. The van der Waals surface area contributed by atoms with Crippen molar-refractivity contribution in [1.29, 1.82) is 0 Å². The third-order valence-corrected chi connectivity index (χ3v) is 3.07. The van der Waals surface area contributed by atoms with Crippen molar-refractivity contribution in [2.24, 2.45) is 5.73 Å². The maximum atomic E-state index is 9.30. The van der Waals surface area contributed by atoms with Crippen LogP contribution in [-0.2, 0) is 0 Å². The Labute approximate surface area is 111 Å². The predicted molar refractivity (Wildman–Crippen MR) is 76.6 cm³/mol. The number of aliphatic hydroxyl groups excluding tert-OH is 1. The van der Waals surface area contributed by atoms with Crippen LogP contribution >= 0.6 is 0 Å². The highest BCUT2D eigenvalue weighted by molar-refractivity contribution is 5.30. The lowest BCUT2D eigenvalue weighted by atomic mass is 10.00. The first-order valence-corrected chi connectivity index (χ1v) is 6.59. The zero-order valence-electron chi connectivity index (χ0n) is 12.0. The number of rotatable bonds is 6. The van der Waals surface area contributed by atoms with E-state index in [1.807, 2.05) is 7.05 Å². The number of nitrogens with two attached hydrogens (primary N) is 1. The minimum Gasteiger partial charge on any atom is -0.392 e. The molecule has 0 bridgehead atoms. The molecule has 0 spiro atoms. The summed E-state index contributed by atoms with van der Waals surface area (Å²) in [6.07, 6.45) is 0.624. The first-order valence-electron chi connectivity index (χ1n) is 6.59. The lowest BCUT2D eigenvalue weighted by Crippen LogP contribution is -2.30. The van der Waals surface area contributed by atoms with Crippen LogP contribution in [0.15, 0.2) is 18.2 Å². The summed E-state index contributed by atoms with van der Waals surface area (Å²) < 4.78 is 0. The standard InChI is InChI=1S/C15H26N2O/c1-11-7-12(2)9-14(8-11)15(16)5-6-17(4)10-13(3)18/h7-9,13,15,18H,5-6,10,16H2,1-4H3. The topological polar surface area (TPSA) is 49.5 Å². The fourth-order valence-electron chi connectivity index (χ4n) is 2.29. The van der Waals surface area contributed by atoms with Crippen molar-refractivity contribution in [2.75, 3.05) is 20.1 Å². The van der Waals surface area contributed by atoms with E-state index in [2.05, 4.69) is 36.9 Å². The molecule has 0 saturated heterocycles. The highest BCUT2D eigenvalue weighted by Gasteiger charge is 2.09. The van der Waals surface area contributed by atoms with Gasteiger partial charge in [-0.05, 0) is 46.3 Å². The monoisotopic (exact) mass is 250 g/mol. The second kappa shape index (κ2) is 6.88. The molecule has 0 heterocycles. The minimum atomic E-state index is -0.285. The average Bonchev–Trinajstić information content (AvgIpc) is 2.23. The molecule has 1 aromatic carbocycles. The summed E-state index contributed by atoms with van der Waals surface area (Å²) >= 11 is 0. The molecule has 1 rings (SSSR count). The van der Waals surface area contributed by atoms with Crippen LogP contribution in [0.4, 0.5) is 0 Å². The Morgan fingerprint density at radius 3 is 2.28 bits per heavy atom. The molecule has 0 amide bonds. The van der Waals surface area contributed by atoms with Crippen molar-refractivity contribution in [1.82, 2.24) is 4.90 Å². The third kappa shape index (κ3) is 5.17. The van der Waals surface area contributed by atoms with E-state index in [0.29, 0.717) is 6.54 Å². The van der Waals surface area contributed by atoms with Crippen LogP contribution in [-0.4, -0.2) is 36.2 Å². The number of nitrogens with zero attached hydrogens (tertiary/aromatic N) is 1. The summed E-state index contributed by atoms with van der Waals surface area (Å²) in [5.74, 6) is 0. The largest absolute Gasteiger partial charge is 0.392 e. The van der Waals surface area contributed by atoms with Gasteiger partial charge < -0.3 is 15.7 Å². The fourth-order valence-corrected chi connectivity index (χ4v) is 2.29. The van der Waals surface area contributed by atoms with Crippen LogP contribution in [0.1, 0.15) is 36.1 Å². The van der Waals surface area contributed by atoms with Crippen molar-refractivity contribution < 1.29 is 5.11 Å². The molecule has 2 unspecified atom stereocenters. The van der Waals surface area contributed by atoms with Crippen molar-refractivity contribution in [3.8, 4) is 0 Å². The quantitative estimate of drug-likeness (QED) is 0.812. The smallest absolute Gasteiger partial charge is 0.0638 e. The molecule has 0 aliphatic carbocycles. The molecule has 3 heteroatoms. The van der Waals surface area contributed by atoms with Crippen molar-refractivity contribution in [3.63, 3.8) is 0 Å². The summed E-state index contributed by atoms with van der Waals surface area (Å²) in [5, 5.41) is 9.30. The molecule has 0 aliphatic heterocycles. The molecular formula is C15H26N2O. The maximum absolute atomic E-state index is 9.30. The summed E-state index contributed by atoms with van der Waals surface area (Å²) in [7, 11) is 2.01. The molecule has 0 aliphatic rings. The molecule has 1 aromatic rings. The fraction of sp³-hybridized carbons (Fsp3) is 0.600. The summed E-state index contributed by atoms with van der Waals surface area (Å²) in [6.45, 7) is 7.60. The minimum absolute atomic E-state index is 0.0695. The number of hydrogen-bond acceptors (Lipinski definition) is 3. The first-order chi connectivity index (χ1) is 8.38.